The number of amides is 1. The van der Waals surface area contributed by atoms with Gasteiger partial charge in [0, 0.05) is 6.42 Å². The Morgan fingerprint density at radius 1 is 0.430 bits per heavy atom. The summed E-state index contributed by atoms with van der Waals surface area (Å²) in [7, 11) is 0. The molecule has 1 rings (SSSR count). The average molecular weight is 1310 g/mol. The van der Waals surface area contributed by atoms with Crippen molar-refractivity contribution in [2.75, 3.05) is 13.2 Å². The van der Waals surface area contributed by atoms with Crippen molar-refractivity contribution >= 4 is 11.9 Å². The van der Waals surface area contributed by atoms with E-state index in [1.54, 1.807) is 6.08 Å². The van der Waals surface area contributed by atoms with Gasteiger partial charge >= 0.3 is 5.97 Å². The zero-order valence-corrected chi connectivity index (χ0v) is 60.1. The Balaban J connectivity index is 2.53. The Morgan fingerprint density at radius 3 is 1.18 bits per heavy atom. The molecule has 0 aromatic rings. The maximum absolute atomic E-state index is 13.5. The third kappa shape index (κ3) is 55.3. The maximum atomic E-state index is 13.5. The Labute approximate surface area is 571 Å². The van der Waals surface area contributed by atoms with E-state index in [-0.39, 0.29) is 13.0 Å². The van der Waals surface area contributed by atoms with Crippen LogP contribution in [0, 0.1) is 0 Å². The lowest BCUT2D eigenvalue weighted by atomic mass is 9.99. The summed E-state index contributed by atoms with van der Waals surface area (Å²) in [6.07, 6.45) is 83.1. The second-order valence-corrected chi connectivity index (χ2v) is 26.7. The summed E-state index contributed by atoms with van der Waals surface area (Å²) in [5.41, 5.74) is 0. The zero-order valence-electron chi connectivity index (χ0n) is 60.1. The van der Waals surface area contributed by atoms with E-state index in [4.69, 9.17) is 14.2 Å². The van der Waals surface area contributed by atoms with Gasteiger partial charge in [0.15, 0.2) is 12.4 Å². The van der Waals surface area contributed by atoms with Crippen LogP contribution in [0.15, 0.2) is 97.2 Å². The van der Waals surface area contributed by atoms with Crippen LogP contribution in [-0.4, -0.2) is 99.6 Å². The number of rotatable bonds is 67. The van der Waals surface area contributed by atoms with E-state index < -0.39 is 67.4 Å². The summed E-state index contributed by atoms with van der Waals surface area (Å²) in [6, 6.07) is -1.03. The molecule has 8 atom stereocenters. The van der Waals surface area contributed by atoms with Crippen molar-refractivity contribution < 1.29 is 49.3 Å². The van der Waals surface area contributed by atoms with Gasteiger partial charge in [0.05, 0.1) is 25.4 Å². The number of esters is 1. The van der Waals surface area contributed by atoms with E-state index in [0.717, 1.165) is 109 Å². The molecule has 1 heterocycles. The highest BCUT2D eigenvalue weighted by molar-refractivity contribution is 5.80. The van der Waals surface area contributed by atoms with Gasteiger partial charge in [0.2, 0.25) is 5.91 Å². The van der Waals surface area contributed by atoms with Crippen molar-refractivity contribution in [2.45, 2.75) is 397 Å². The van der Waals surface area contributed by atoms with Crippen LogP contribution < -0.4 is 5.32 Å². The lowest BCUT2D eigenvalue weighted by molar-refractivity contribution is -0.305. The summed E-state index contributed by atoms with van der Waals surface area (Å²) >= 11 is 0. The molecule has 11 nitrogen and oxygen atoms in total. The number of carbonyl (C=O) groups is 2. The van der Waals surface area contributed by atoms with Gasteiger partial charge in [-0.1, -0.05) is 336 Å². The minimum atomic E-state index is -1.62. The van der Waals surface area contributed by atoms with Crippen LogP contribution in [0.3, 0.4) is 0 Å². The van der Waals surface area contributed by atoms with Gasteiger partial charge in [-0.05, 0) is 103 Å². The molecule has 6 N–H and O–H groups in total. The first-order valence-electron chi connectivity index (χ1n) is 39.0. The molecule has 0 saturated carbocycles. The third-order valence-corrected chi connectivity index (χ3v) is 18.0. The van der Waals surface area contributed by atoms with E-state index in [0.29, 0.717) is 19.3 Å². The molecule has 538 valence electrons. The second kappa shape index (κ2) is 68.5. The molecule has 0 aromatic heterocycles. The smallest absolute Gasteiger partial charge is 0.306 e. The zero-order chi connectivity index (χ0) is 67.4. The maximum Gasteiger partial charge on any atom is 0.306 e. The summed E-state index contributed by atoms with van der Waals surface area (Å²) in [5, 5.41) is 57.4. The number of allylic oxidation sites excluding steroid dienone is 15. The number of carbonyl (C=O) groups excluding carboxylic acids is 2. The summed E-state index contributed by atoms with van der Waals surface area (Å²) in [4.78, 5) is 26.8. The van der Waals surface area contributed by atoms with Crippen molar-refractivity contribution in [1.29, 1.82) is 0 Å². The molecule has 93 heavy (non-hydrogen) atoms. The number of unbranched alkanes of at least 4 members (excludes halogenated alkanes) is 39. The molecule has 0 bridgehead atoms. The van der Waals surface area contributed by atoms with E-state index in [2.05, 4.69) is 111 Å². The Kier molecular flexibility index (Phi) is 64.5. The lowest BCUT2D eigenvalue weighted by Gasteiger charge is -2.41. The fraction of sp³-hybridized carbons (Fsp3) is 0.780. The molecule has 0 radical (unpaired) electrons. The molecular weight excluding hydrogens is 1160 g/mol. The Hall–Kier alpha value is -3.42. The van der Waals surface area contributed by atoms with E-state index in [1.165, 1.54) is 193 Å². The van der Waals surface area contributed by atoms with Gasteiger partial charge in [-0.3, -0.25) is 9.59 Å². The quantitative estimate of drug-likeness (QED) is 0.0195. The molecule has 1 aliphatic rings. The van der Waals surface area contributed by atoms with Crippen molar-refractivity contribution in [1.82, 2.24) is 5.32 Å². The first kappa shape index (κ1) is 87.6. The summed E-state index contributed by atoms with van der Waals surface area (Å²) in [6.45, 7) is 5.70. The van der Waals surface area contributed by atoms with Crippen molar-refractivity contribution in [2.24, 2.45) is 0 Å². The number of hydrogen-bond acceptors (Lipinski definition) is 10. The largest absolute Gasteiger partial charge is 0.454 e. The highest BCUT2D eigenvalue weighted by Crippen LogP contribution is 2.26. The highest BCUT2D eigenvalue weighted by atomic mass is 16.7. The first-order valence-corrected chi connectivity index (χ1v) is 39.0. The number of aliphatic hydroxyl groups is 5. The summed E-state index contributed by atoms with van der Waals surface area (Å²) < 4.78 is 17.7. The molecule has 8 unspecified atom stereocenters. The first-order chi connectivity index (χ1) is 45.7. The van der Waals surface area contributed by atoms with Crippen LogP contribution in [0.25, 0.3) is 0 Å². The molecule has 1 aliphatic heterocycles. The third-order valence-electron chi connectivity index (χ3n) is 18.0. The standard InChI is InChI=1S/C82H145NO10/c1-4-7-10-13-16-19-22-25-27-29-31-33-35-37-39-40-42-44-46-48-51-54-57-60-63-66-69-75(86)81(90)83-73(74(85)68-65-62-59-56-53-50-24-21-18-15-12-9-6-3)72-91-82-80(79(89)78(88)76(71-84)92-82)93-77(87)70-67-64-61-58-55-52-49-47-45-43-41-38-36-34-32-30-28-26-23-20-17-14-11-8-5-2/h8,11,16-17,19-20,25-28,32,34,38,41,65,68,73-76,78-80,82,84-86,88-89H,4-7,9-10,12-15,18,21-24,29-31,33,35-37,39-40,42-64,66-67,69-72H2,1-3H3,(H,83,90)/b11-8-,19-16-,20-17-,27-25-,28-26-,34-32-,41-38-,68-65+. The molecule has 0 aliphatic carbocycles. The topological polar surface area (TPSA) is 175 Å². The number of ether oxygens (including phenoxy) is 3. The van der Waals surface area contributed by atoms with Crippen molar-refractivity contribution in [3.8, 4) is 0 Å². The average Bonchev–Trinajstić information content (AvgIpc) is 0.843. The van der Waals surface area contributed by atoms with E-state index in [1.807, 2.05) is 6.08 Å². The summed E-state index contributed by atoms with van der Waals surface area (Å²) in [5.74, 6) is -1.19. The van der Waals surface area contributed by atoms with Crippen molar-refractivity contribution in [3.63, 3.8) is 0 Å². The van der Waals surface area contributed by atoms with Gasteiger partial charge in [-0.2, -0.15) is 0 Å². The SMILES string of the molecule is CC/C=C\C/C=C\C/C=C\C/C=C\C/C=C\CCCCCCCCCCCC(=O)OC1C(OCC(NC(=O)C(O)CCCCCCCCCCCCCCCCCC/C=C\C/C=C\CCCCC)C(O)/C=C/CCCCCCCCCCCCC)OC(CO)C(O)C1O. The van der Waals surface area contributed by atoms with Crippen LogP contribution in [0.2, 0.25) is 0 Å². The lowest BCUT2D eigenvalue weighted by Crippen LogP contribution is -2.61. The predicted octanol–water partition coefficient (Wildman–Crippen LogP) is 21.0. The van der Waals surface area contributed by atoms with Crippen LogP contribution in [0.1, 0.15) is 348 Å². The monoisotopic (exact) mass is 1300 g/mol. The van der Waals surface area contributed by atoms with Crippen LogP contribution in [-0.2, 0) is 23.8 Å². The molecule has 1 fully saturated rings. The number of aliphatic hydroxyl groups excluding tert-OH is 5. The molecule has 1 saturated heterocycles. The van der Waals surface area contributed by atoms with E-state index in [9.17, 15) is 35.1 Å². The van der Waals surface area contributed by atoms with Crippen molar-refractivity contribution in [3.05, 3.63) is 97.2 Å². The van der Waals surface area contributed by atoms with Gasteiger partial charge in [0.25, 0.3) is 0 Å². The van der Waals surface area contributed by atoms with Crippen LogP contribution in [0.4, 0.5) is 0 Å². The minimum Gasteiger partial charge on any atom is -0.454 e. The number of hydrogen-bond donors (Lipinski definition) is 6. The van der Waals surface area contributed by atoms with Gasteiger partial charge in [0.1, 0.15) is 24.4 Å². The highest BCUT2D eigenvalue weighted by Gasteiger charge is 2.47. The number of nitrogens with one attached hydrogen (secondary N) is 1. The second-order valence-electron chi connectivity index (χ2n) is 26.7. The Bertz CT molecular complexity index is 1890. The van der Waals surface area contributed by atoms with Gasteiger partial charge < -0.3 is 45.1 Å². The predicted molar refractivity (Wildman–Crippen MR) is 393 cm³/mol. The minimum absolute atomic E-state index is 0.113. The van der Waals surface area contributed by atoms with Crippen LogP contribution >= 0.6 is 0 Å². The molecule has 11 heteroatoms. The molecule has 0 spiro atoms. The fourth-order valence-electron chi connectivity index (χ4n) is 11.9. The fourth-order valence-corrected chi connectivity index (χ4v) is 11.9. The Morgan fingerprint density at radius 2 is 0.774 bits per heavy atom. The van der Waals surface area contributed by atoms with E-state index >= 15 is 0 Å². The molecular formula is C82H145NO10. The normalized spacial score (nSPS) is 18.4. The van der Waals surface area contributed by atoms with Crippen LogP contribution in [0.5, 0.6) is 0 Å². The van der Waals surface area contributed by atoms with Gasteiger partial charge in [-0.25, -0.2) is 0 Å². The molecule has 1 amide bonds. The van der Waals surface area contributed by atoms with Gasteiger partial charge in [-0.15, -0.1) is 0 Å². The molecule has 0 aromatic carbocycles.